The van der Waals surface area contributed by atoms with Crippen molar-refractivity contribution in [1.82, 2.24) is 10.2 Å². The van der Waals surface area contributed by atoms with Gasteiger partial charge >= 0.3 is 7.12 Å². The van der Waals surface area contributed by atoms with Gasteiger partial charge in [-0.15, -0.1) is 0 Å². The average molecular weight is 296 g/mol. The van der Waals surface area contributed by atoms with Gasteiger partial charge in [0.2, 0.25) is 0 Å². The number of fused-ring (bicyclic) bond motifs is 1. The van der Waals surface area contributed by atoms with Crippen molar-refractivity contribution in [3.05, 3.63) is 59.3 Å². The van der Waals surface area contributed by atoms with Gasteiger partial charge in [-0.3, -0.25) is 5.10 Å². The predicted octanol–water partition coefficient (Wildman–Crippen LogP) is 1.27. The monoisotopic (exact) mass is 296 g/mol. The lowest BCUT2D eigenvalue weighted by atomic mass is 9.76. The lowest BCUT2D eigenvalue weighted by Gasteiger charge is -2.12. The molecule has 0 atom stereocenters. The minimum absolute atomic E-state index is 0.291. The van der Waals surface area contributed by atoms with Crippen molar-refractivity contribution < 1.29 is 14.8 Å². The predicted molar refractivity (Wildman–Crippen MR) is 85.6 cm³/mol. The van der Waals surface area contributed by atoms with Gasteiger partial charge in [0.15, 0.2) is 0 Å². The second-order valence-electron chi connectivity index (χ2n) is 5.23. The summed E-state index contributed by atoms with van der Waals surface area (Å²) in [7, 11) is -1.53. The standard InChI is InChI=1S/C16H17BN2O3/c1-11-16-13(10-22-9-12-5-3-2-4-6-12)14(17(20)21)7-8-15(16)19-18-11/h2-8,20-21H,9-10H2,1H3,(H,18,19). The summed E-state index contributed by atoms with van der Waals surface area (Å²) in [4.78, 5) is 0. The first-order valence-corrected chi connectivity index (χ1v) is 7.11. The highest BCUT2D eigenvalue weighted by atomic mass is 16.5. The molecule has 0 aliphatic heterocycles. The summed E-state index contributed by atoms with van der Waals surface area (Å²) in [5, 5.41) is 27.2. The minimum atomic E-state index is -1.53. The summed E-state index contributed by atoms with van der Waals surface area (Å²) < 4.78 is 5.77. The molecule has 0 spiro atoms. The van der Waals surface area contributed by atoms with Crippen molar-refractivity contribution in [2.24, 2.45) is 0 Å². The van der Waals surface area contributed by atoms with Gasteiger partial charge in [0.25, 0.3) is 0 Å². The van der Waals surface area contributed by atoms with E-state index in [1.54, 1.807) is 12.1 Å². The van der Waals surface area contributed by atoms with Crippen molar-refractivity contribution >= 4 is 23.5 Å². The van der Waals surface area contributed by atoms with Crippen LogP contribution in [0.3, 0.4) is 0 Å². The van der Waals surface area contributed by atoms with Gasteiger partial charge < -0.3 is 14.8 Å². The van der Waals surface area contributed by atoms with Crippen molar-refractivity contribution in [2.45, 2.75) is 20.1 Å². The molecule has 0 aliphatic carbocycles. The van der Waals surface area contributed by atoms with Gasteiger partial charge in [0, 0.05) is 11.1 Å². The van der Waals surface area contributed by atoms with Gasteiger partial charge in [-0.25, -0.2) is 0 Å². The van der Waals surface area contributed by atoms with Crippen molar-refractivity contribution in [1.29, 1.82) is 0 Å². The van der Waals surface area contributed by atoms with Gasteiger partial charge in [-0.2, -0.15) is 5.10 Å². The Morgan fingerprint density at radius 1 is 1.09 bits per heavy atom. The van der Waals surface area contributed by atoms with E-state index in [2.05, 4.69) is 10.2 Å². The molecule has 3 rings (SSSR count). The molecule has 112 valence electrons. The molecule has 3 N–H and O–H groups in total. The zero-order valence-corrected chi connectivity index (χ0v) is 12.3. The Bertz CT molecular complexity index is 772. The van der Waals surface area contributed by atoms with Crippen LogP contribution in [0.2, 0.25) is 0 Å². The number of nitrogens with zero attached hydrogens (tertiary/aromatic N) is 1. The Kier molecular flexibility index (Phi) is 4.24. The lowest BCUT2D eigenvalue weighted by molar-refractivity contribution is 0.108. The zero-order chi connectivity index (χ0) is 15.5. The van der Waals surface area contributed by atoms with E-state index in [1.165, 1.54) is 0 Å². The Morgan fingerprint density at radius 3 is 2.59 bits per heavy atom. The van der Waals surface area contributed by atoms with Gasteiger partial charge in [0.05, 0.1) is 18.7 Å². The van der Waals surface area contributed by atoms with Crippen molar-refractivity contribution in [3.8, 4) is 0 Å². The fourth-order valence-electron chi connectivity index (χ4n) is 2.61. The van der Waals surface area contributed by atoms with Crippen LogP contribution in [0.1, 0.15) is 16.8 Å². The van der Waals surface area contributed by atoms with Gasteiger partial charge in [0.1, 0.15) is 0 Å². The quantitative estimate of drug-likeness (QED) is 0.620. The van der Waals surface area contributed by atoms with Crippen LogP contribution in [0.15, 0.2) is 42.5 Å². The Morgan fingerprint density at radius 2 is 1.86 bits per heavy atom. The summed E-state index contributed by atoms with van der Waals surface area (Å²) in [6.45, 7) is 2.66. The molecule has 0 saturated carbocycles. The van der Waals surface area contributed by atoms with Gasteiger partial charge in [-0.05, 0) is 29.6 Å². The molecular weight excluding hydrogens is 279 g/mol. The number of nitrogens with one attached hydrogen (secondary N) is 1. The third kappa shape index (κ3) is 2.90. The highest BCUT2D eigenvalue weighted by Crippen LogP contribution is 2.20. The topological polar surface area (TPSA) is 78.4 Å². The minimum Gasteiger partial charge on any atom is -0.423 e. The number of benzene rings is 2. The largest absolute Gasteiger partial charge is 0.488 e. The molecule has 0 radical (unpaired) electrons. The lowest BCUT2D eigenvalue weighted by Crippen LogP contribution is -2.33. The van der Waals surface area contributed by atoms with E-state index in [9.17, 15) is 10.0 Å². The van der Waals surface area contributed by atoms with Crippen LogP contribution in [0.4, 0.5) is 0 Å². The molecule has 3 aromatic rings. The third-order valence-corrected chi connectivity index (χ3v) is 3.68. The van der Waals surface area contributed by atoms with E-state index in [-0.39, 0.29) is 0 Å². The number of aromatic amines is 1. The van der Waals surface area contributed by atoms with Crippen LogP contribution in [0.5, 0.6) is 0 Å². The summed E-state index contributed by atoms with van der Waals surface area (Å²) in [6.07, 6.45) is 0. The second kappa shape index (κ2) is 6.31. The smallest absolute Gasteiger partial charge is 0.423 e. The number of H-pyrrole nitrogens is 1. The molecule has 6 heteroatoms. The number of hydrogen-bond acceptors (Lipinski definition) is 4. The molecule has 0 saturated heterocycles. The van der Waals surface area contributed by atoms with E-state index >= 15 is 0 Å². The maximum absolute atomic E-state index is 9.58. The van der Waals surface area contributed by atoms with Gasteiger partial charge in [-0.1, -0.05) is 36.4 Å². The normalized spacial score (nSPS) is 11.0. The van der Waals surface area contributed by atoms with Crippen LogP contribution in [0.25, 0.3) is 10.9 Å². The molecule has 1 heterocycles. The second-order valence-corrected chi connectivity index (χ2v) is 5.23. The van der Waals surface area contributed by atoms with Crippen LogP contribution in [-0.2, 0) is 18.0 Å². The SMILES string of the molecule is Cc1[nH]nc2ccc(B(O)O)c(COCc3ccccc3)c12. The fraction of sp³-hybridized carbons (Fsp3) is 0.188. The first kappa shape index (κ1) is 14.8. The summed E-state index contributed by atoms with van der Waals surface area (Å²) >= 11 is 0. The van der Waals surface area contributed by atoms with E-state index in [0.29, 0.717) is 18.7 Å². The first-order valence-electron chi connectivity index (χ1n) is 7.11. The number of rotatable bonds is 5. The summed E-state index contributed by atoms with van der Waals surface area (Å²) in [5.41, 5.74) is 3.96. The van der Waals surface area contributed by atoms with Crippen LogP contribution in [-0.4, -0.2) is 27.4 Å². The number of hydrogen-bond donors (Lipinski definition) is 3. The fourth-order valence-corrected chi connectivity index (χ4v) is 2.61. The third-order valence-electron chi connectivity index (χ3n) is 3.68. The highest BCUT2D eigenvalue weighted by Gasteiger charge is 2.20. The molecule has 0 unspecified atom stereocenters. The average Bonchev–Trinajstić information content (AvgIpc) is 2.90. The van der Waals surface area contributed by atoms with E-state index < -0.39 is 7.12 Å². The number of aromatic nitrogens is 2. The molecule has 0 fully saturated rings. The van der Waals surface area contributed by atoms with Crippen LogP contribution >= 0.6 is 0 Å². The van der Waals surface area contributed by atoms with Crippen LogP contribution < -0.4 is 5.46 Å². The Balaban J connectivity index is 1.87. The van der Waals surface area contributed by atoms with E-state index in [0.717, 1.165) is 27.7 Å². The molecule has 0 amide bonds. The molecule has 5 nitrogen and oxygen atoms in total. The van der Waals surface area contributed by atoms with E-state index in [1.807, 2.05) is 37.3 Å². The zero-order valence-electron chi connectivity index (χ0n) is 12.3. The molecule has 2 aromatic carbocycles. The number of aryl methyl sites for hydroxylation is 1. The summed E-state index contributed by atoms with van der Waals surface area (Å²) in [5.74, 6) is 0. The molecule has 22 heavy (non-hydrogen) atoms. The first-order chi connectivity index (χ1) is 10.7. The van der Waals surface area contributed by atoms with Crippen LogP contribution in [0, 0.1) is 6.92 Å². The summed E-state index contributed by atoms with van der Waals surface area (Å²) in [6, 6.07) is 13.3. The maximum atomic E-state index is 9.58. The Labute approximate surface area is 128 Å². The highest BCUT2D eigenvalue weighted by molar-refractivity contribution is 6.59. The van der Waals surface area contributed by atoms with Crippen molar-refractivity contribution in [3.63, 3.8) is 0 Å². The molecule has 0 aliphatic rings. The maximum Gasteiger partial charge on any atom is 0.488 e. The molecule has 1 aromatic heterocycles. The number of ether oxygens (including phenoxy) is 1. The Hall–Kier alpha value is -2.15. The molecule has 0 bridgehead atoms. The van der Waals surface area contributed by atoms with Crippen molar-refractivity contribution in [2.75, 3.05) is 0 Å². The van der Waals surface area contributed by atoms with E-state index in [4.69, 9.17) is 4.74 Å². The molecular formula is C16H17BN2O3.